The Morgan fingerprint density at radius 1 is 0.727 bits per heavy atom. The average molecular weight is 229 g/mol. The molecule has 0 rings (SSSR count). The van der Waals surface area contributed by atoms with Gasteiger partial charge in [-0.3, -0.25) is 0 Å². The lowest BCUT2D eigenvalue weighted by atomic mass is 10.7. The van der Waals surface area contributed by atoms with Gasteiger partial charge in [0.15, 0.2) is 0 Å². The minimum absolute atomic E-state index is 0. The standard InChI is InChI=1S/C6H16N2O2.BrH/c7-1-3-9-5-6-10-4-2-8;/h1-8H2;1H. The van der Waals surface area contributed by atoms with Gasteiger partial charge < -0.3 is 20.9 Å². The second-order valence-electron chi connectivity index (χ2n) is 1.80. The van der Waals surface area contributed by atoms with Crippen LogP contribution < -0.4 is 11.5 Å². The molecule has 0 saturated heterocycles. The summed E-state index contributed by atoms with van der Waals surface area (Å²) in [6.07, 6.45) is 0. The summed E-state index contributed by atoms with van der Waals surface area (Å²) in [7, 11) is 0. The van der Waals surface area contributed by atoms with E-state index in [0.717, 1.165) is 0 Å². The van der Waals surface area contributed by atoms with Crippen LogP contribution in [0.4, 0.5) is 0 Å². The Bertz CT molecular complexity index is 58.5. The lowest BCUT2D eigenvalue weighted by molar-refractivity contribution is 0.0538. The normalized spacial score (nSPS) is 9.27. The van der Waals surface area contributed by atoms with E-state index in [-0.39, 0.29) is 17.0 Å². The first-order valence-electron chi connectivity index (χ1n) is 3.47. The van der Waals surface area contributed by atoms with Crippen molar-refractivity contribution >= 4 is 17.0 Å². The van der Waals surface area contributed by atoms with Crippen molar-refractivity contribution < 1.29 is 9.47 Å². The lowest BCUT2D eigenvalue weighted by Gasteiger charge is -2.02. The van der Waals surface area contributed by atoms with E-state index in [4.69, 9.17) is 20.9 Å². The molecule has 0 aliphatic heterocycles. The van der Waals surface area contributed by atoms with Crippen LogP contribution in [0.15, 0.2) is 0 Å². The van der Waals surface area contributed by atoms with E-state index >= 15 is 0 Å². The molecule has 0 aromatic carbocycles. The minimum Gasteiger partial charge on any atom is -0.378 e. The van der Waals surface area contributed by atoms with Gasteiger partial charge in [-0.2, -0.15) is 0 Å². The molecular weight excluding hydrogens is 212 g/mol. The van der Waals surface area contributed by atoms with Crippen LogP contribution in [0, 0.1) is 0 Å². The van der Waals surface area contributed by atoms with Crippen molar-refractivity contribution in [2.24, 2.45) is 11.5 Å². The van der Waals surface area contributed by atoms with Gasteiger partial charge in [0.05, 0.1) is 26.4 Å². The number of rotatable bonds is 7. The minimum atomic E-state index is 0. The van der Waals surface area contributed by atoms with Gasteiger partial charge in [0.1, 0.15) is 0 Å². The zero-order chi connectivity index (χ0) is 7.66. The van der Waals surface area contributed by atoms with Crippen LogP contribution in [0.25, 0.3) is 0 Å². The number of hydrogen-bond donors (Lipinski definition) is 2. The van der Waals surface area contributed by atoms with E-state index in [9.17, 15) is 0 Å². The third-order valence-electron chi connectivity index (χ3n) is 0.896. The third-order valence-corrected chi connectivity index (χ3v) is 0.896. The Labute approximate surface area is 78.0 Å². The predicted octanol–water partition coefficient (Wildman–Crippen LogP) is -0.485. The molecule has 0 spiro atoms. The fraction of sp³-hybridized carbons (Fsp3) is 1.00. The van der Waals surface area contributed by atoms with Crippen LogP contribution in [-0.2, 0) is 9.47 Å². The van der Waals surface area contributed by atoms with Crippen LogP contribution in [0.1, 0.15) is 0 Å². The highest BCUT2D eigenvalue weighted by Crippen LogP contribution is 1.75. The van der Waals surface area contributed by atoms with Gasteiger partial charge in [0.25, 0.3) is 0 Å². The Morgan fingerprint density at radius 3 is 1.36 bits per heavy atom. The van der Waals surface area contributed by atoms with E-state index in [0.29, 0.717) is 39.5 Å². The Balaban J connectivity index is 0. The van der Waals surface area contributed by atoms with Gasteiger partial charge in [-0.1, -0.05) is 0 Å². The quantitative estimate of drug-likeness (QED) is 0.578. The molecule has 0 aromatic rings. The lowest BCUT2D eigenvalue weighted by Crippen LogP contribution is -2.14. The van der Waals surface area contributed by atoms with E-state index in [2.05, 4.69) is 0 Å². The second-order valence-corrected chi connectivity index (χ2v) is 1.80. The maximum absolute atomic E-state index is 5.18. The number of hydrogen-bond acceptors (Lipinski definition) is 4. The van der Waals surface area contributed by atoms with Gasteiger partial charge in [-0.25, -0.2) is 0 Å². The van der Waals surface area contributed by atoms with Crippen molar-refractivity contribution in [1.29, 1.82) is 0 Å². The van der Waals surface area contributed by atoms with Crippen LogP contribution in [0.2, 0.25) is 0 Å². The van der Waals surface area contributed by atoms with Gasteiger partial charge in [-0.05, 0) is 0 Å². The Hall–Kier alpha value is 0.320. The summed E-state index contributed by atoms with van der Waals surface area (Å²) in [5.41, 5.74) is 10.4. The van der Waals surface area contributed by atoms with E-state index in [1.54, 1.807) is 0 Å². The highest BCUT2D eigenvalue weighted by Gasteiger charge is 1.85. The van der Waals surface area contributed by atoms with Crippen molar-refractivity contribution in [1.82, 2.24) is 0 Å². The Morgan fingerprint density at radius 2 is 1.09 bits per heavy atom. The molecule has 0 saturated carbocycles. The molecule has 0 atom stereocenters. The van der Waals surface area contributed by atoms with Crippen molar-refractivity contribution in [2.75, 3.05) is 39.5 Å². The fourth-order valence-corrected chi connectivity index (χ4v) is 0.489. The van der Waals surface area contributed by atoms with E-state index in [1.807, 2.05) is 0 Å². The zero-order valence-electron chi connectivity index (χ0n) is 6.62. The highest BCUT2D eigenvalue weighted by atomic mass is 79.9. The zero-order valence-corrected chi connectivity index (χ0v) is 8.34. The molecule has 0 radical (unpaired) electrons. The molecule has 70 valence electrons. The highest BCUT2D eigenvalue weighted by molar-refractivity contribution is 8.93. The maximum Gasteiger partial charge on any atom is 0.0701 e. The summed E-state index contributed by atoms with van der Waals surface area (Å²) < 4.78 is 10.1. The van der Waals surface area contributed by atoms with E-state index < -0.39 is 0 Å². The fourth-order valence-electron chi connectivity index (χ4n) is 0.489. The number of ether oxygens (including phenoxy) is 2. The molecule has 0 aromatic heterocycles. The summed E-state index contributed by atoms with van der Waals surface area (Å²) in [4.78, 5) is 0. The van der Waals surface area contributed by atoms with Crippen molar-refractivity contribution in [2.45, 2.75) is 0 Å². The molecule has 4 N–H and O–H groups in total. The average Bonchev–Trinajstić information content (AvgIpc) is 1.97. The van der Waals surface area contributed by atoms with Gasteiger partial charge in [0.2, 0.25) is 0 Å². The first kappa shape index (κ1) is 13.9. The molecule has 0 bridgehead atoms. The van der Waals surface area contributed by atoms with Crippen molar-refractivity contribution in [3.05, 3.63) is 0 Å². The topological polar surface area (TPSA) is 70.5 Å². The summed E-state index contributed by atoms with van der Waals surface area (Å²) in [5.74, 6) is 0. The van der Waals surface area contributed by atoms with Crippen LogP contribution in [-0.4, -0.2) is 39.5 Å². The van der Waals surface area contributed by atoms with Crippen molar-refractivity contribution in [3.63, 3.8) is 0 Å². The smallest absolute Gasteiger partial charge is 0.0701 e. The molecule has 0 fully saturated rings. The molecular formula is C6H17BrN2O2. The molecule has 11 heavy (non-hydrogen) atoms. The van der Waals surface area contributed by atoms with Crippen molar-refractivity contribution in [3.8, 4) is 0 Å². The number of nitrogens with two attached hydrogens (primary N) is 2. The third kappa shape index (κ3) is 13.3. The molecule has 0 amide bonds. The second kappa shape index (κ2) is 12.9. The largest absolute Gasteiger partial charge is 0.378 e. The van der Waals surface area contributed by atoms with Crippen LogP contribution >= 0.6 is 17.0 Å². The number of halogens is 1. The maximum atomic E-state index is 5.18. The molecule has 0 heterocycles. The molecule has 0 aliphatic rings. The summed E-state index contributed by atoms with van der Waals surface area (Å²) >= 11 is 0. The molecule has 4 nitrogen and oxygen atoms in total. The van der Waals surface area contributed by atoms with Gasteiger partial charge in [0, 0.05) is 13.1 Å². The van der Waals surface area contributed by atoms with Gasteiger partial charge >= 0.3 is 0 Å². The summed E-state index contributed by atoms with van der Waals surface area (Å²) in [6, 6.07) is 0. The monoisotopic (exact) mass is 228 g/mol. The SMILES string of the molecule is Br.NCCOCCOCCN. The van der Waals surface area contributed by atoms with Gasteiger partial charge in [-0.15, -0.1) is 17.0 Å². The molecule has 0 unspecified atom stereocenters. The van der Waals surface area contributed by atoms with Crippen LogP contribution in [0.3, 0.4) is 0 Å². The summed E-state index contributed by atoms with van der Waals surface area (Å²) in [5, 5.41) is 0. The molecule has 5 heteroatoms. The first-order chi connectivity index (χ1) is 4.91. The first-order valence-corrected chi connectivity index (χ1v) is 3.47. The Kier molecular flexibility index (Phi) is 16.3. The predicted molar refractivity (Wildman–Crippen MR) is 50.1 cm³/mol. The summed E-state index contributed by atoms with van der Waals surface area (Å²) in [6.45, 7) is 3.56. The molecule has 0 aliphatic carbocycles. The van der Waals surface area contributed by atoms with E-state index in [1.165, 1.54) is 0 Å². The van der Waals surface area contributed by atoms with Crippen LogP contribution in [0.5, 0.6) is 0 Å².